The fourth-order valence-corrected chi connectivity index (χ4v) is 2.40. The third-order valence-corrected chi connectivity index (χ3v) is 4.05. The second-order valence-electron chi connectivity index (χ2n) is 6.12. The van der Waals surface area contributed by atoms with E-state index < -0.39 is 0 Å². The first-order chi connectivity index (χ1) is 8.58. The van der Waals surface area contributed by atoms with Gasteiger partial charge in [-0.1, -0.05) is 13.8 Å². The second kappa shape index (κ2) is 6.02. The molecule has 0 aromatic rings. The van der Waals surface area contributed by atoms with E-state index in [9.17, 15) is 4.79 Å². The van der Waals surface area contributed by atoms with Crippen LogP contribution in [0.15, 0.2) is 0 Å². The summed E-state index contributed by atoms with van der Waals surface area (Å²) in [5, 5.41) is 0. The molecule has 1 aliphatic heterocycles. The lowest BCUT2D eigenvalue weighted by Gasteiger charge is -2.27. The lowest BCUT2D eigenvalue weighted by Crippen LogP contribution is -2.41. The number of carbonyl (C=O) groups is 1. The normalized spacial score (nSPS) is 25.4. The third kappa shape index (κ3) is 3.69. The zero-order valence-electron chi connectivity index (χ0n) is 11.6. The highest BCUT2D eigenvalue weighted by Crippen LogP contribution is 2.29. The van der Waals surface area contributed by atoms with Gasteiger partial charge < -0.3 is 15.4 Å². The Kier molecular flexibility index (Phi) is 4.62. The van der Waals surface area contributed by atoms with Gasteiger partial charge in [-0.3, -0.25) is 4.79 Å². The Labute approximate surface area is 110 Å². The molecule has 0 aromatic carbocycles. The van der Waals surface area contributed by atoms with Gasteiger partial charge in [0.1, 0.15) is 0 Å². The predicted octanol–water partition coefficient (Wildman–Crippen LogP) is 1.39. The average Bonchev–Trinajstić information content (AvgIpc) is 3.03. The molecule has 2 aliphatic rings. The molecule has 1 saturated heterocycles. The standard InChI is InChI=1S/C14H26N2O2/c1-10(2)13(15)7-14(17)16(12-3-4-12)8-11-5-6-18-9-11/h10-13H,3-9,15H2,1-2H3. The van der Waals surface area contributed by atoms with Crippen molar-refractivity contribution in [2.75, 3.05) is 19.8 Å². The van der Waals surface area contributed by atoms with E-state index >= 15 is 0 Å². The summed E-state index contributed by atoms with van der Waals surface area (Å²) in [7, 11) is 0. The number of hydrogen-bond donors (Lipinski definition) is 1. The molecule has 0 radical (unpaired) electrons. The van der Waals surface area contributed by atoms with Gasteiger partial charge in [-0.25, -0.2) is 0 Å². The maximum Gasteiger partial charge on any atom is 0.224 e. The SMILES string of the molecule is CC(C)C(N)CC(=O)N(CC1CCOC1)C1CC1. The molecule has 2 atom stereocenters. The van der Waals surface area contributed by atoms with Crippen molar-refractivity contribution in [3.05, 3.63) is 0 Å². The van der Waals surface area contributed by atoms with Crippen molar-refractivity contribution in [3.8, 4) is 0 Å². The van der Waals surface area contributed by atoms with Gasteiger partial charge in [0, 0.05) is 37.6 Å². The maximum absolute atomic E-state index is 12.3. The van der Waals surface area contributed by atoms with Crippen LogP contribution in [0.2, 0.25) is 0 Å². The summed E-state index contributed by atoms with van der Waals surface area (Å²) < 4.78 is 5.39. The van der Waals surface area contributed by atoms with Gasteiger partial charge in [0.15, 0.2) is 0 Å². The van der Waals surface area contributed by atoms with Gasteiger partial charge in [0.2, 0.25) is 5.91 Å². The van der Waals surface area contributed by atoms with Crippen molar-refractivity contribution < 1.29 is 9.53 Å². The highest BCUT2D eigenvalue weighted by atomic mass is 16.5. The van der Waals surface area contributed by atoms with Crippen LogP contribution in [0.25, 0.3) is 0 Å². The molecule has 0 spiro atoms. The van der Waals surface area contributed by atoms with Crippen molar-refractivity contribution >= 4 is 5.91 Å². The molecule has 1 amide bonds. The topological polar surface area (TPSA) is 55.6 Å². The monoisotopic (exact) mass is 254 g/mol. The second-order valence-corrected chi connectivity index (χ2v) is 6.12. The average molecular weight is 254 g/mol. The molecule has 0 bridgehead atoms. The van der Waals surface area contributed by atoms with Gasteiger partial charge in [-0.2, -0.15) is 0 Å². The summed E-state index contributed by atoms with van der Waals surface area (Å²) >= 11 is 0. The van der Waals surface area contributed by atoms with E-state index in [0.29, 0.717) is 24.3 Å². The minimum Gasteiger partial charge on any atom is -0.381 e. The quantitative estimate of drug-likeness (QED) is 0.779. The molecular weight excluding hydrogens is 228 g/mol. The number of carbonyl (C=O) groups excluding carboxylic acids is 1. The van der Waals surface area contributed by atoms with Crippen LogP contribution < -0.4 is 5.73 Å². The number of ether oxygens (including phenoxy) is 1. The lowest BCUT2D eigenvalue weighted by molar-refractivity contribution is -0.133. The van der Waals surface area contributed by atoms with Crippen LogP contribution in [0.1, 0.15) is 39.5 Å². The molecule has 1 heterocycles. The van der Waals surface area contributed by atoms with Crippen LogP contribution in [-0.2, 0) is 9.53 Å². The van der Waals surface area contributed by atoms with Crippen LogP contribution >= 0.6 is 0 Å². The highest BCUT2D eigenvalue weighted by molar-refractivity contribution is 5.77. The Morgan fingerprint density at radius 2 is 2.11 bits per heavy atom. The first-order valence-electron chi connectivity index (χ1n) is 7.20. The summed E-state index contributed by atoms with van der Waals surface area (Å²) in [6.07, 6.45) is 3.90. The summed E-state index contributed by atoms with van der Waals surface area (Å²) in [6.45, 7) is 6.68. The fourth-order valence-electron chi connectivity index (χ4n) is 2.40. The van der Waals surface area contributed by atoms with Crippen molar-refractivity contribution in [1.29, 1.82) is 0 Å². The molecule has 1 saturated carbocycles. The van der Waals surface area contributed by atoms with Gasteiger partial charge in [-0.05, 0) is 25.2 Å². The number of nitrogens with zero attached hydrogens (tertiary/aromatic N) is 1. The molecular formula is C14H26N2O2. The largest absolute Gasteiger partial charge is 0.381 e. The minimum absolute atomic E-state index is 0.0152. The lowest BCUT2D eigenvalue weighted by atomic mass is 10.0. The zero-order chi connectivity index (χ0) is 13.1. The van der Waals surface area contributed by atoms with E-state index in [0.717, 1.165) is 39.0 Å². The van der Waals surface area contributed by atoms with E-state index in [-0.39, 0.29) is 11.9 Å². The number of nitrogens with two attached hydrogens (primary N) is 1. The highest BCUT2D eigenvalue weighted by Gasteiger charge is 2.35. The van der Waals surface area contributed by atoms with E-state index in [1.54, 1.807) is 0 Å². The van der Waals surface area contributed by atoms with Gasteiger partial charge in [0.25, 0.3) is 0 Å². The van der Waals surface area contributed by atoms with Crippen molar-refractivity contribution in [1.82, 2.24) is 4.90 Å². The van der Waals surface area contributed by atoms with Gasteiger partial charge >= 0.3 is 0 Å². The summed E-state index contributed by atoms with van der Waals surface area (Å²) in [4.78, 5) is 14.4. The predicted molar refractivity (Wildman–Crippen MR) is 71.1 cm³/mol. The molecule has 2 fully saturated rings. The molecule has 2 unspecified atom stereocenters. The smallest absolute Gasteiger partial charge is 0.224 e. The first kappa shape index (κ1) is 13.8. The number of rotatable bonds is 6. The molecule has 18 heavy (non-hydrogen) atoms. The first-order valence-corrected chi connectivity index (χ1v) is 7.20. The van der Waals surface area contributed by atoms with Crippen LogP contribution in [-0.4, -0.2) is 42.6 Å². The number of amides is 1. The van der Waals surface area contributed by atoms with Gasteiger partial charge in [0.05, 0.1) is 6.61 Å². The Bertz CT molecular complexity index is 284. The summed E-state index contributed by atoms with van der Waals surface area (Å²) in [5.74, 6) is 1.14. The molecule has 2 rings (SSSR count). The van der Waals surface area contributed by atoms with Crippen molar-refractivity contribution in [2.45, 2.75) is 51.6 Å². The van der Waals surface area contributed by atoms with E-state index in [1.165, 1.54) is 0 Å². The maximum atomic E-state index is 12.3. The Hall–Kier alpha value is -0.610. The Morgan fingerprint density at radius 3 is 2.61 bits per heavy atom. The van der Waals surface area contributed by atoms with Gasteiger partial charge in [-0.15, -0.1) is 0 Å². The third-order valence-electron chi connectivity index (χ3n) is 4.05. The molecule has 4 heteroatoms. The van der Waals surface area contributed by atoms with Crippen molar-refractivity contribution in [3.63, 3.8) is 0 Å². The number of hydrogen-bond acceptors (Lipinski definition) is 3. The molecule has 0 aromatic heterocycles. The summed E-state index contributed by atoms with van der Waals surface area (Å²) in [6, 6.07) is 0.469. The molecule has 4 nitrogen and oxygen atoms in total. The van der Waals surface area contributed by atoms with E-state index in [4.69, 9.17) is 10.5 Å². The van der Waals surface area contributed by atoms with Crippen LogP contribution in [0.3, 0.4) is 0 Å². The minimum atomic E-state index is -0.0152. The molecule has 2 N–H and O–H groups in total. The fraction of sp³-hybridized carbons (Fsp3) is 0.929. The van der Waals surface area contributed by atoms with Crippen LogP contribution in [0, 0.1) is 11.8 Å². The van der Waals surface area contributed by atoms with E-state index in [2.05, 4.69) is 18.7 Å². The molecule has 104 valence electrons. The van der Waals surface area contributed by atoms with Crippen LogP contribution in [0.5, 0.6) is 0 Å². The van der Waals surface area contributed by atoms with E-state index in [1.807, 2.05) is 0 Å². The molecule has 1 aliphatic carbocycles. The van der Waals surface area contributed by atoms with Crippen molar-refractivity contribution in [2.24, 2.45) is 17.6 Å². The summed E-state index contributed by atoms with van der Waals surface area (Å²) in [5.41, 5.74) is 6.01. The Morgan fingerprint density at radius 1 is 1.39 bits per heavy atom. The Balaban J connectivity index is 1.86. The van der Waals surface area contributed by atoms with Crippen LogP contribution in [0.4, 0.5) is 0 Å². The zero-order valence-corrected chi connectivity index (χ0v) is 11.6.